The van der Waals surface area contributed by atoms with Crippen LogP contribution in [-0.4, -0.2) is 53.4 Å². The van der Waals surface area contributed by atoms with E-state index in [9.17, 15) is 8.42 Å². The molecule has 0 rings (SSSR count). The monoisotopic (exact) mass is 253 g/mol. The molecular formula is C10H23NO4S. The average molecular weight is 253 g/mol. The number of hydrogen-bond donors (Lipinski definition) is 1. The van der Waals surface area contributed by atoms with Crippen LogP contribution in [0.25, 0.3) is 0 Å². The Morgan fingerprint density at radius 1 is 1.25 bits per heavy atom. The molecule has 16 heavy (non-hydrogen) atoms. The highest BCUT2D eigenvalue weighted by Crippen LogP contribution is 2.00. The van der Waals surface area contributed by atoms with Gasteiger partial charge in [-0.2, -0.15) is 0 Å². The molecule has 0 aliphatic rings. The summed E-state index contributed by atoms with van der Waals surface area (Å²) in [6.45, 7) is 3.65. The van der Waals surface area contributed by atoms with Crippen LogP contribution in [0, 0.1) is 5.92 Å². The zero-order valence-corrected chi connectivity index (χ0v) is 11.0. The number of nitrogens with two attached hydrogens (primary N) is 1. The van der Waals surface area contributed by atoms with Crippen molar-refractivity contribution in [3.63, 3.8) is 0 Å². The molecule has 2 N–H and O–H groups in total. The lowest BCUT2D eigenvalue weighted by molar-refractivity contribution is 0.112. The van der Waals surface area contributed by atoms with Gasteiger partial charge in [-0.3, -0.25) is 0 Å². The maximum Gasteiger partial charge on any atom is 0.152 e. The molecule has 0 aromatic rings. The molecular weight excluding hydrogens is 230 g/mol. The molecule has 98 valence electrons. The van der Waals surface area contributed by atoms with Gasteiger partial charge in [-0.05, 0) is 18.9 Å². The fraction of sp³-hybridized carbons (Fsp3) is 1.00. The summed E-state index contributed by atoms with van der Waals surface area (Å²) in [5.74, 6) is 0.230. The molecule has 0 spiro atoms. The van der Waals surface area contributed by atoms with E-state index in [1.54, 1.807) is 7.11 Å². The van der Waals surface area contributed by atoms with Gasteiger partial charge in [0.2, 0.25) is 0 Å². The van der Waals surface area contributed by atoms with Gasteiger partial charge in [0.15, 0.2) is 9.84 Å². The highest BCUT2D eigenvalue weighted by molar-refractivity contribution is 7.91. The molecule has 5 nitrogen and oxygen atoms in total. The van der Waals surface area contributed by atoms with Crippen LogP contribution in [0.1, 0.15) is 13.3 Å². The summed E-state index contributed by atoms with van der Waals surface area (Å²) >= 11 is 0. The third kappa shape index (κ3) is 9.08. The summed E-state index contributed by atoms with van der Waals surface area (Å²) < 4.78 is 33.1. The Hall–Kier alpha value is -0.170. The maximum atomic E-state index is 11.5. The van der Waals surface area contributed by atoms with Crippen LogP contribution in [0.2, 0.25) is 0 Å². The molecule has 0 aromatic heterocycles. The first-order valence-corrected chi connectivity index (χ1v) is 7.31. The Morgan fingerprint density at radius 2 is 1.94 bits per heavy atom. The molecule has 0 amide bonds. The zero-order valence-electron chi connectivity index (χ0n) is 10.1. The first-order valence-electron chi connectivity index (χ1n) is 5.49. The molecule has 1 unspecified atom stereocenters. The molecule has 0 aromatic carbocycles. The lowest BCUT2D eigenvalue weighted by Crippen LogP contribution is -2.24. The summed E-state index contributed by atoms with van der Waals surface area (Å²) in [6.07, 6.45) is 0.787. The van der Waals surface area contributed by atoms with E-state index in [2.05, 4.69) is 0 Å². The van der Waals surface area contributed by atoms with Crippen molar-refractivity contribution in [1.82, 2.24) is 0 Å². The van der Waals surface area contributed by atoms with Crippen molar-refractivity contribution >= 4 is 9.84 Å². The maximum absolute atomic E-state index is 11.5. The Balaban J connectivity index is 3.59. The summed E-state index contributed by atoms with van der Waals surface area (Å²) in [5.41, 5.74) is 5.38. The quantitative estimate of drug-likeness (QED) is 0.557. The van der Waals surface area contributed by atoms with E-state index in [4.69, 9.17) is 15.2 Å². The second-order valence-electron chi connectivity index (χ2n) is 3.91. The Bertz CT molecular complexity index is 254. The van der Waals surface area contributed by atoms with Gasteiger partial charge in [0.25, 0.3) is 0 Å². The van der Waals surface area contributed by atoms with E-state index in [0.29, 0.717) is 19.8 Å². The fourth-order valence-corrected chi connectivity index (χ4v) is 2.72. The Kier molecular flexibility index (Phi) is 8.83. The van der Waals surface area contributed by atoms with Crippen LogP contribution < -0.4 is 5.73 Å². The van der Waals surface area contributed by atoms with Gasteiger partial charge in [0.05, 0.1) is 18.1 Å². The first kappa shape index (κ1) is 15.8. The molecule has 0 heterocycles. The van der Waals surface area contributed by atoms with E-state index >= 15 is 0 Å². The van der Waals surface area contributed by atoms with Gasteiger partial charge < -0.3 is 15.2 Å². The van der Waals surface area contributed by atoms with Crippen molar-refractivity contribution in [2.75, 3.05) is 45.0 Å². The minimum absolute atomic E-state index is 0.0125. The van der Waals surface area contributed by atoms with Gasteiger partial charge in [-0.15, -0.1) is 0 Å². The molecule has 0 fully saturated rings. The second kappa shape index (κ2) is 8.92. The normalized spacial score (nSPS) is 13.9. The van der Waals surface area contributed by atoms with Crippen LogP contribution in [0.5, 0.6) is 0 Å². The van der Waals surface area contributed by atoms with Gasteiger partial charge in [0, 0.05) is 20.3 Å². The largest absolute Gasteiger partial charge is 0.385 e. The molecule has 0 radical (unpaired) electrons. The molecule has 1 atom stereocenters. The standard InChI is InChI=1S/C10H23NO4S/c1-10(8-11)9-16(12,13)7-6-15-5-3-4-14-2/h10H,3-9,11H2,1-2H3. The van der Waals surface area contributed by atoms with Gasteiger partial charge in [0.1, 0.15) is 0 Å². The summed E-state index contributed by atoms with van der Waals surface area (Å²) in [4.78, 5) is 0. The summed E-state index contributed by atoms with van der Waals surface area (Å²) in [7, 11) is -1.40. The van der Waals surface area contributed by atoms with E-state index in [-0.39, 0.29) is 24.0 Å². The SMILES string of the molecule is COCCCOCCS(=O)(=O)CC(C)CN. The minimum atomic E-state index is -3.02. The van der Waals surface area contributed by atoms with E-state index < -0.39 is 9.84 Å². The van der Waals surface area contributed by atoms with Crippen molar-refractivity contribution < 1.29 is 17.9 Å². The number of rotatable bonds is 10. The van der Waals surface area contributed by atoms with E-state index in [1.165, 1.54) is 0 Å². The van der Waals surface area contributed by atoms with Crippen molar-refractivity contribution in [1.29, 1.82) is 0 Å². The fourth-order valence-electron chi connectivity index (χ4n) is 1.18. The van der Waals surface area contributed by atoms with E-state index in [0.717, 1.165) is 6.42 Å². The third-order valence-electron chi connectivity index (χ3n) is 2.12. The molecule has 6 heteroatoms. The van der Waals surface area contributed by atoms with Crippen molar-refractivity contribution in [3.8, 4) is 0 Å². The Labute approximate surface area is 98.2 Å². The highest BCUT2D eigenvalue weighted by atomic mass is 32.2. The molecule has 0 aliphatic heterocycles. The van der Waals surface area contributed by atoms with Crippen molar-refractivity contribution in [2.45, 2.75) is 13.3 Å². The van der Waals surface area contributed by atoms with Crippen LogP contribution in [-0.2, 0) is 19.3 Å². The summed E-state index contributed by atoms with van der Waals surface area (Å²) in [6, 6.07) is 0. The molecule has 0 saturated heterocycles. The lowest BCUT2D eigenvalue weighted by atomic mass is 10.2. The van der Waals surface area contributed by atoms with Crippen LogP contribution in [0.4, 0.5) is 0 Å². The van der Waals surface area contributed by atoms with Crippen LogP contribution in [0.15, 0.2) is 0 Å². The second-order valence-corrected chi connectivity index (χ2v) is 6.14. The van der Waals surface area contributed by atoms with E-state index in [1.807, 2.05) is 6.92 Å². The summed E-state index contributed by atoms with van der Waals surface area (Å²) in [5, 5.41) is 0. The zero-order chi connectivity index (χ0) is 12.4. The Morgan fingerprint density at radius 3 is 2.50 bits per heavy atom. The number of ether oxygens (including phenoxy) is 2. The topological polar surface area (TPSA) is 78.6 Å². The van der Waals surface area contributed by atoms with Gasteiger partial charge >= 0.3 is 0 Å². The minimum Gasteiger partial charge on any atom is -0.385 e. The average Bonchev–Trinajstić information content (AvgIpc) is 2.22. The number of methoxy groups -OCH3 is 1. The predicted octanol–water partition coefficient (Wildman–Crippen LogP) is 0.0491. The number of sulfone groups is 1. The van der Waals surface area contributed by atoms with Crippen molar-refractivity contribution in [3.05, 3.63) is 0 Å². The highest BCUT2D eigenvalue weighted by Gasteiger charge is 2.14. The number of hydrogen-bond acceptors (Lipinski definition) is 5. The lowest BCUT2D eigenvalue weighted by Gasteiger charge is -2.09. The smallest absolute Gasteiger partial charge is 0.152 e. The molecule has 0 saturated carbocycles. The van der Waals surface area contributed by atoms with Crippen LogP contribution >= 0.6 is 0 Å². The molecule has 0 bridgehead atoms. The first-order chi connectivity index (χ1) is 7.52. The predicted molar refractivity (Wildman–Crippen MR) is 64.2 cm³/mol. The van der Waals surface area contributed by atoms with Crippen molar-refractivity contribution in [2.24, 2.45) is 11.7 Å². The third-order valence-corrected chi connectivity index (χ3v) is 3.98. The van der Waals surface area contributed by atoms with Gasteiger partial charge in [-0.25, -0.2) is 8.42 Å². The molecule has 0 aliphatic carbocycles. The van der Waals surface area contributed by atoms with Gasteiger partial charge in [-0.1, -0.05) is 6.92 Å². The van der Waals surface area contributed by atoms with Crippen LogP contribution in [0.3, 0.4) is 0 Å².